The molecule has 0 radical (unpaired) electrons. The minimum absolute atomic E-state index is 0.416. The number of hydrogen-bond acceptors (Lipinski definition) is 5. The first-order valence-corrected chi connectivity index (χ1v) is 7.27. The van der Waals surface area contributed by atoms with E-state index in [1.807, 2.05) is 12.1 Å². The van der Waals surface area contributed by atoms with E-state index >= 15 is 0 Å². The lowest BCUT2D eigenvalue weighted by molar-refractivity contribution is 0.199. The van der Waals surface area contributed by atoms with E-state index in [0.29, 0.717) is 5.92 Å². The average molecular weight is 280 g/mol. The molecule has 104 valence electrons. The zero-order valence-corrected chi connectivity index (χ0v) is 12.4. The van der Waals surface area contributed by atoms with Gasteiger partial charge in [-0.3, -0.25) is 0 Å². The van der Waals surface area contributed by atoms with Crippen molar-refractivity contribution >= 4 is 11.3 Å². The molecule has 19 heavy (non-hydrogen) atoms. The summed E-state index contributed by atoms with van der Waals surface area (Å²) >= 11 is 1.70. The summed E-state index contributed by atoms with van der Waals surface area (Å²) in [6.45, 7) is 6.73. The van der Waals surface area contributed by atoms with Crippen LogP contribution in [0.1, 0.15) is 30.3 Å². The van der Waals surface area contributed by atoms with Crippen LogP contribution >= 0.6 is 11.3 Å². The second-order valence-corrected chi connectivity index (χ2v) is 5.71. The number of hydrogen-bond donors (Lipinski definition) is 1. The number of nitrogens with one attached hydrogen (secondary N) is 1. The zero-order chi connectivity index (χ0) is 13.7. The third-order valence-corrected chi connectivity index (χ3v) is 3.86. The van der Waals surface area contributed by atoms with Gasteiger partial charge in [0.05, 0.1) is 18.6 Å². The van der Waals surface area contributed by atoms with Crippen LogP contribution in [0.5, 0.6) is 0 Å². The molecule has 5 heteroatoms. The Kier molecular flexibility index (Phi) is 5.13. The molecule has 0 unspecified atom stereocenters. The van der Waals surface area contributed by atoms with Crippen LogP contribution in [0.4, 0.5) is 0 Å². The Morgan fingerprint density at radius 1 is 1.47 bits per heavy atom. The second kappa shape index (κ2) is 6.84. The summed E-state index contributed by atoms with van der Waals surface area (Å²) in [5.74, 6) is 1.26. The van der Waals surface area contributed by atoms with Crippen molar-refractivity contribution in [2.45, 2.75) is 26.3 Å². The summed E-state index contributed by atoms with van der Waals surface area (Å²) in [6, 6.07) is 3.84. The Bertz CT molecular complexity index is 492. The molecule has 0 aliphatic carbocycles. The molecule has 0 spiro atoms. The van der Waals surface area contributed by atoms with Gasteiger partial charge in [-0.15, -0.1) is 11.3 Å². The molecule has 4 nitrogen and oxygen atoms in total. The van der Waals surface area contributed by atoms with E-state index in [4.69, 9.17) is 14.1 Å². The van der Waals surface area contributed by atoms with Crippen LogP contribution < -0.4 is 5.32 Å². The van der Waals surface area contributed by atoms with Gasteiger partial charge in [-0.1, -0.05) is 13.8 Å². The van der Waals surface area contributed by atoms with Crippen molar-refractivity contribution in [3.8, 4) is 10.8 Å². The molecule has 2 aromatic rings. The van der Waals surface area contributed by atoms with Crippen molar-refractivity contribution in [1.82, 2.24) is 10.3 Å². The fourth-order valence-corrected chi connectivity index (χ4v) is 2.98. The normalized spacial score (nSPS) is 11.4. The molecule has 0 aromatic carbocycles. The van der Waals surface area contributed by atoms with Crippen molar-refractivity contribution in [1.29, 1.82) is 0 Å². The summed E-state index contributed by atoms with van der Waals surface area (Å²) in [5.41, 5.74) is 1.15. The molecular weight excluding hydrogens is 260 g/mol. The van der Waals surface area contributed by atoms with E-state index in [9.17, 15) is 0 Å². The lowest BCUT2D eigenvalue weighted by atomic mass is 10.1. The summed E-state index contributed by atoms with van der Waals surface area (Å²) in [5, 5.41) is 4.33. The predicted octanol–water partition coefficient (Wildman–Crippen LogP) is 3.26. The van der Waals surface area contributed by atoms with Gasteiger partial charge in [0.1, 0.15) is 0 Å². The van der Waals surface area contributed by atoms with E-state index < -0.39 is 0 Å². The van der Waals surface area contributed by atoms with Gasteiger partial charge in [-0.05, 0) is 18.1 Å². The topological polar surface area (TPSA) is 47.3 Å². The van der Waals surface area contributed by atoms with E-state index in [2.05, 4.69) is 19.2 Å². The van der Waals surface area contributed by atoms with Gasteiger partial charge in [0.25, 0.3) is 0 Å². The van der Waals surface area contributed by atoms with Gasteiger partial charge in [-0.2, -0.15) is 0 Å². The van der Waals surface area contributed by atoms with Crippen LogP contribution in [0.3, 0.4) is 0 Å². The minimum atomic E-state index is 0.416. The van der Waals surface area contributed by atoms with Gasteiger partial charge >= 0.3 is 0 Å². The molecule has 0 saturated carbocycles. The van der Waals surface area contributed by atoms with Crippen LogP contribution in [-0.2, 0) is 11.3 Å². The van der Waals surface area contributed by atoms with Crippen molar-refractivity contribution in [2.75, 3.05) is 20.3 Å². The summed E-state index contributed by atoms with van der Waals surface area (Å²) in [6.07, 6.45) is 1.68. The highest BCUT2D eigenvalue weighted by molar-refractivity contribution is 7.15. The molecule has 0 amide bonds. The summed E-state index contributed by atoms with van der Waals surface area (Å²) < 4.78 is 10.5. The Morgan fingerprint density at radius 3 is 2.95 bits per heavy atom. The Hall–Kier alpha value is -1.17. The molecule has 0 fully saturated rings. The quantitative estimate of drug-likeness (QED) is 0.791. The summed E-state index contributed by atoms with van der Waals surface area (Å²) in [4.78, 5) is 5.98. The zero-order valence-electron chi connectivity index (χ0n) is 11.6. The van der Waals surface area contributed by atoms with E-state index in [-0.39, 0.29) is 0 Å². The molecule has 0 atom stereocenters. The van der Waals surface area contributed by atoms with Crippen LogP contribution in [0, 0.1) is 0 Å². The maximum atomic E-state index is 5.42. The fourth-order valence-electron chi connectivity index (χ4n) is 1.82. The molecule has 0 saturated heterocycles. The molecule has 0 bridgehead atoms. The maximum absolute atomic E-state index is 5.42. The van der Waals surface area contributed by atoms with E-state index in [1.54, 1.807) is 24.7 Å². The first-order valence-electron chi connectivity index (χ1n) is 6.45. The predicted molar refractivity (Wildman–Crippen MR) is 77.5 cm³/mol. The van der Waals surface area contributed by atoms with Gasteiger partial charge < -0.3 is 14.5 Å². The fraction of sp³-hybridized carbons (Fsp3) is 0.500. The first-order chi connectivity index (χ1) is 9.22. The molecular formula is C14H20N2O2S. The highest BCUT2D eigenvalue weighted by Gasteiger charge is 2.16. The maximum Gasteiger partial charge on any atom is 0.162 e. The van der Waals surface area contributed by atoms with Crippen molar-refractivity contribution in [3.05, 3.63) is 29.0 Å². The molecule has 2 rings (SSSR count). The smallest absolute Gasteiger partial charge is 0.162 e. The van der Waals surface area contributed by atoms with Gasteiger partial charge in [0.2, 0.25) is 0 Å². The van der Waals surface area contributed by atoms with Gasteiger partial charge in [0.15, 0.2) is 10.8 Å². The third kappa shape index (κ3) is 3.65. The SMILES string of the molecule is COCCNCc1sc(-c2ccco2)nc1C(C)C. The van der Waals surface area contributed by atoms with E-state index in [1.165, 1.54) is 4.88 Å². The Labute approximate surface area is 117 Å². The van der Waals surface area contributed by atoms with Crippen molar-refractivity contribution in [2.24, 2.45) is 0 Å². The molecule has 1 N–H and O–H groups in total. The molecule has 2 heterocycles. The van der Waals surface area contributed by atoms with Crippen LogP contribution in [0.15, 0.2) is 22.8 Å². The number of thiazole rings is 1. The summed E-state index contributed by atoms with van der Waals surface area (Å²) in [7, 11) is 1.71. The van der Waals surface area contributed by atoms with E-state index in [0.717, 1.165) is 36.2 Å². The van der Waals surface area contributed by atoms with Crippen LogP contribution in [0.2, 0.25) is 0 Å². The molecule has 0 aliphatic rings. The standard InChI is InChI=1S/C14H20N2O2S/c1-10(2)13-12(9-15-6-8-17-3)19-14(16-13)11-5-4-7-18-11/h4-5,7,10,15H,6,8-9H2,1-3H3. The average Bonchev–Trinajstić information content (AvgIpc) is 3.03. The highest BCUT2D eigenvalue weighted by Crippen LogP contribution is 2.31. The van der Waals surface area contributed by atoms with Crippen LogP contribution in [0.25, 0.3) is 10.8 Å². The number of rotatable bonds is 7. The number of furan rings is 1. The lowest BCUT2D eigenvalue weighted by Gasteiger charge is -2.06. The van der Waals surface area contributed by atoms with Gasteiger partial charge in [0, 0.05) is 25.1 Å². The number of ether oxygens (including phenoxy) is 1. The van der Waals surface area contributed by atoms with Crippen molar-refractivity contribution in [3.63, 3.8) is 0 Å². The highest BCUT2D eigenvalue weighted by atomic mass is 32.1. The van der Waals surface area contributed by atoms with Crippen LogP contribution in [-0.4, -0.2) is 25.2 Å². The first kappa shape index (κ1) is 14.2. The molecule has 0 aliphatic heterocycles. The minimum Gasteiger partial charge on any atom is -0.462 e. The third-order valence-electron chi connectivity index (χ3n) is 2.77. The van der Waals surface area contributed by atoms with Crippen molar-refractivity contribution < 1.29 is 9.15 Å². The Morgan fingerprint density at radius 2 is 2.32 bits per heavy atom. The number of aromatic nitrogens is 1. The number of nitrogens with zero attached hydrogens (tertiary/aromatic N) is 1. The second-order valence-electron chi connectivity index (χ2n) is 4.63. The molecule has 2 aromatic heterocycles. The largest absolute Gasteiger partial charge is 0.462 e. The Balaban J connectivity index is 2.12. The monoisotopic (exact) mass is 280 g/mol. The number of methoxy groups -OCH3 is 1. The lowest BCUT2D eigenvalue weighted by Crippen LogP contribution is -2.18. The van der Waals surface area contributed by atoms with Gasteiger partial charge in [-0.25, -0.2) is 4.98 Å².